The van der Waals surface area contributed by atoms with Crippen LogP contribution >= 0.6 is 0 Å². The predicted octanol–water partition coefficient (Wildman–Crippen LogP) is 0.703. The zero-order valence-corrected chi connectivity index (χ0v) is 10.1. The topological polar surface area (TPSA) is 74.6 Å². The van der Waals surface area contributed by atoms with Gasteiger partial charge < -0.3 is 9.67 Å². The van der Waals surface area contributed by atoms with Gasteiger partial charge in [0.1, 0.15) is 12.2 Å². The van der Waals surface area contributed by atoms with Crippen LogP contribution in [0.1, 0.15) is 29.8 Å². The van der Waals surface area contributed by atoms with Crippen molar-refractivity contribution in [2.45, 2.75) is 25.8 Å². The molecule has 2 heterocycles. The third-order valence-corrected chi connectivity index (χ3v) is 3.00. The summed E-state index contributed by atoms with van der Waals surface area (Å²) in [5.41, 5.74) is 2.93. The highest BCUT2D eigenvalue weighted by Gasteiger charge is 2.15. The van der Waals surface area contributed by atoms with Gasteiger partial charge >= 0.3 is 5.97 Å². The van der Waals surface area contributed by atoms with Gasteiger partial charge in [0.05, 0.1) is 0 Å². The lowest BCUT2D eigenvalue weighted by Gasteiger charge is -2.26. The number of hydrogen-bond acceptors (Lipinski definition) is 3. The Kier molecular flexibility index (Phi) is 3.99. The molecule has 1 fully saturated rings. The molecule has 0 spiro atoms. The van der Waals surface area contributed by atoms with Gasteiger partial charge in [-0.2, -0.15) is 0 Å². The first kappa shape index (κ1) is 12.6. The Hall–Kier alpha value is -1.82. The second kappa shape index (κ2) is 5.68. The molecular weight excluding hydrogens is 234 g/mol. The van der Waals surface area contributed by atoms with Crippen LogP contribution in [0.5, 0.6) is 0 Å². The number of nitrogens with one attached hydrogen (secondary N) is 1. The molecule has 0 radical (unpaired) electrons. The van der Waals surface area contributed by atoms with Crippen LogP contribution in [-0.4, -0.2) is 39.6 Å². The molecule has 1 aliphatic rings. The number of carboxylic acids is 1. The smallest absolute Gasteiger partial charge is 0.352 e. The maximum Gasteiger partial charge on any atom is 0.352 e. The summed E-state index contributed by atoms with van der Waals surface area (Å²) < 4.78 is 1.43. The van der Waals surface area contributed by atoms with E-state index in [2.05, 4.69) is 5.43 Å². The monoisotopic (exact) mass is 251 g/mol. The lowest BCUT2D eigenvalue weighted by atomic mass is 10.2. The molecule has 2 rings (SSSR count). The number of aromatic carboxylic acids is 1. The molecule has 6 nitrogen and oxygen atoms in total. The van der Waals surface area contributed by atoms with Crippen molar-refractivity contribution in [3.63, 3.8) is 0 Å². The zero-order valence-electron chi connectivity index (χ0n) is 10.1. The molecule has 0 aromatic carbocycles. The van der Waals surface area contributed by atoms with Crippen molar-refractivity contribution in [3.05, 3.63) is 24.0 Å². The maximum atomic E-state index is 11.8. The maximum absolute atomic E-state index is 11.8. The van der Waals surface area contributed by atoms with Crippen molar-refractivity contribution in [1.82, 2.24) is 15.0 Å². The lowest BCUT2D eigenvalue weighted by Crippen LogP contribution is -2.46. The van der Waals surface area contributed by atoms with Crippen LogP contribution in [0.4, 0.5) is 0 Å². The number of carboxylic acid groups (broad SMARTS) is 1. The molecule has 0 unspecified atom stereocenters. The summed E-state index contributed by atoms with van der Waals surface area (Å²) in [5.74, 6) is -1.21. The number of hydrazine groups is 1. The van der Waals surface area contributed by atoms with Gasteiger partial charge in [0.25, 0.3) is 5.91 Å². The Labute approximate surface area is 105 Å². The van der Waals surface area contributed by atoms with Crippen LogP contribution in [0, 0.1) is 0 Å². The highest BCUT2D eigenvalue weighted by atomic mass is 16.4. The molecule has 1 saturated heterocycles. The van der Waals surface area contributed by atoms with Crippen LogP contribution in [0.2, 0.25) is 0 Å². The van der Waals surface area contributed by atoms with Gasteiger partial charge in [-0.25, -0.2) is 9.80 Å². The fraction of sp³-hybridized carbons (Fsp3) is 0.500. The molecule has 6 heteroatoms. The summed E-state index contributed by atoms with van der Waals surface area (Å²) in [6, 6.07) is 3.11. The van der Waals surface area contributed by atoms with E-state index in [1.807, 2.05) is 5.01 Å². The van der Waals surface area contributed by atoms with Gasteiger partial charge in [-0.05, 0) is 25.0 Å². The summed E-state index contributed by atoms with van der Waals surface area (Å²) in [4.78, 5) is 22.7. The van der Waals surface area contributed by atoms with Gasteiger partial charge in [-0.15, -0.1) is 0 Å². The standard InChI is InChI=1S/C12H17N3O3/c16-11(13-15-7-2-1-3-8-15)9-14-6-4-5-10(14)12(17)18/h4-6H,1-3,7-9H2,(H,13,16)(H,17,18). The molecular formula is C12H17N3O3. The highest BCUT2D eigenvalue weighted by Crippen LogP contribution is 2.06. The van der Waals surface area contributed by atoms with E-state index < -0.39 is 5.97 Å². The van der Waals surface area contributed by atoms with E-state index in [-0.39, 0.29) is 18.1 Å². The Bertz CT molecular complexity index is 436. The van der Waals surface area contributed by atoms with Crippen molar-refractivity contribution in [1.29, 1.82) is 0 Å². The fourth-order valence-electron chi connectivity index (χ4n) is 2.12. The molecule has 0 aliphatic carbocycles. The minimum absolute atomic E-state index is 0.0329. The second-order valence-electron chi connectivity index (χ2n) is 4.41. The molecule has 1 aromatic rings. The van der Waals surface area contributed by atoms with Gasteiger partial charge in [0.15, 0.2) is 0 Å². The summed E-state index contributed by atoms with van der Waals surface area (Å²) in [7, 11) is 0. The van der Waals surface area contributed by atoms with Gasteiger partial charge in [-0.3, -0.25) is 10.2 Å². The summed E-state index contributed by atoms with van der Waals surface area (Å²) >= 11 is 0. The Morgan fingerprint density at radius 3 is 2.67 bits per heavy atom. The third-order valence-electron chi connectivity index (χ3n) is 3.00. The van der Waals surface area contributed by atoms with E-state index in [1.54, 1.807) is 12.3 Å². The minimum atomic E-state index is -1.02. The Morgan fingerprint density at radius 1 is 1.28 bits per heavy atom. The first-order chi connectivity index (χ1) is 8.66. The van der Waals surface area contributed by atoms with Crippen LogP contribution in [-0.2, 0) is 11.3 Å². The highest BCUT2D eigenvalue weighted by molar-refractivity contribution is 5.86. The van der Waals surface area contributed by atoms with Crippen LogP contribution < -0.4 is 5.43 Å². The normalized spacial score (nSPS) is 16.4. The molecule has 2 N–H and O–H groups in total. The van der Waals surface area contributed by atoms with E-state index in [0.717, 1.165) is 25.9 Å². The van der Waals surface area contributed by atoms with Crippen molar-refractivity contribution in [3.8, 4) is 0 Å². The third kappa shape index (κ3) is 3.10. The van der Waals surface area contributed by atoms with Gasteiger partial charge in [0.2, 0.25) is 0 Å². The van der Waals surface area contributed by atoms with E-state index >= 15 is 0 Å². The molecule has 1 aromatic heterocycles. The predicted molar refractivity (Wildman–Crippen MR) is 65.0 cm³/mol. The van der Waals surface area contributed by atoms with Crippen molar-refractivity contribution < 1.29 is 14.7 Å². The molecule has 18 heavy (non-hydrogen) atoms. The van der Waals surface area contributed by atoms with E-state index in [9.17, 15) is 9.59 Å². The number of hydrogen-bond donors (Lipinski definition) is 2. The molecule has 0 bridgehead atoms. The number of carbonyl (C=O) groups excluding carboxylic acids is 1. The number of piperidine rings is 1. The molecule has 1 aliphatic heterocycles. The Morgan fingerprint density at radius 2 is 2.00 bits per heavy atom. The minimum Gasteiger partial charge on any atom is -0.477 e. The molecule has 0 saturated carbocycles. The quantitative estimate of drug-likeness (QED) is 0.826. The number of carbonyl (C=O) groups is 2. The average molecular weight is 251 g/mol. The number of nitrogens with zero attached hydrogens (tertiary/aromatic N) is 2. The SMILES string of the molecule is O=C(Cn1cccc1C(=O)O)NN1CCCCC1. The van der Waals surface area contributed by atoms with E-state index in [4.69, 9.17) is 5.11 Å². The number of rotatable bonds is 4. The molecule has 1 amide bonds. The summed E-state index contributed by atoms with van der Waals surface area (Å²) in [6.45, 7) is 1.76. The van der Waals surface area contributed by atoms with Crippen LogP contribution in [0.25, 0.3) is 0 Å². The first-order valence-corrected chi connectivity index (χ1v) is 6.09. The molecule has 98 valence electrons. The summed E-state index contributed by atoms with van der Waals surface area (Å²) in [6.07, 6.45) is 4.97. The largest absolute Gasteiger partial charge is 0.477 e. The lowest BCUT2D eigenvalue weighted by molar-refractivity contribution is -0.127. The van der Waals surface area contributed by atoms with Gasteiger partial charge in [0, 0.05) is 19.3 Å². The first-order valence-electron chi connectivity index (χ1n) is 6.09. The van der Waals surface area contributed by atoms with Gasteiger partial charge in [-0.1, -0.05) is 6.42 Å². The summed E-state index contributed by atoms with van der Waals surface area (Å²) in [5, 5.41) is 10.8. The van der Waals surface area contributed by atoms with Crippen LogP contribution in [0.15, 0.2) is 18.3 Å². The van der Waals surface area contributed by atoms with Crippen LogP contribution in [0.3, 0.4) is 0 Å². The number of amides is 1. The second-order valence-corrected chi connectivity index (χ2v) is 4.41. The van der Waals surface area contributed by atoms with Crippen molar-refractivity contribution in [2.75, 3.05) is 13.1 Å². The fourth-order valence-corrected chi connectivity index (χ4v) is 2.12. The average Bonchev–Trinajstić information content (AvgIpc) is 2.78. The Balaban J connectivity index is 1.90. The zero-order chi connectivity index (χ0) is 13.0. The number of aromatic nitrogens is 1. The van der Waals surface area contributed by atoms with Crippen molar-refractivity contribution >= 4 is 11.9 Å². The van der Waals surface area contributed by atoms with Crippen molar-refractivity contribution in [2.24, 2.45) is 0 Å². The van der Waals surface area contributed by atoms with E-state index in [0.29, 0.717) is 0 Å². The molecule has 0 atom stereocenters. The van der Waals surface area contributed by atoms with E-state index in [1.165, 1.54) is 17.1 Å².